The van der Waals surface area contributed by atoms with Crippen molar-refractivity contribution in [1.82, 2.24) is 20.3 Å². The van der Waals surface area contributed by atoms with E-state index in [-0.39, 0.29) is 11.7 Å². The standard InChI is InChI=1S/C19H17N5O2/c1-13(25)14-5-7-16(8-6-14)24-19-22-10-15(11-23-19)18(26)21-12-17-4-2-3-9-20-17/h2-11H,12H2,1H3,(H,21,26)(H,22,23,24). The number of benzene rings is 1. The van der Waals surface area contributed by atoms with Crippen molar-refractivity contribution >= 4 is 23.3 Å². The maximum Gasteiger partial charge on any atom is 0.254 e. The summed E-state index contributed by atoms with van der Waals surface area (Å²) in [6.07, 6.45) is 4.58. The summed E-state index contributed by atoms with van der Waals surface area (Å²) >= 11 is 0. The van der Waals surface area contributed by atoms with Crippen molar-refractivity contribution in [3.63, 3.8) is 0 Å². The summed E-state index contributed by atoms with van der Waals surface area (Å²) in [4.78, 5) is 35.8. The topological polar surface area (TPSA) is 96.9 Å². The van der Waals surface area contributed by atoms with Gasteiger partial charge in [-0.25, -0.2) is 9.97 Å². The van der Waals surface area contributed by atoms with E-state index in [9.17, 15) is 9.59 Å². The van der Waals surface area contributed by atoms with Gasteiger partial charge in [0.1, 0.15) is 0 Å². The zero-order chi connectivity index (χ0) is 18.4. The maximum absolute atomic E-state index is 12.1. The molecule has 3 rings (SSSR count). The summed E-state index contributed by atoms with van der Waals surface area (Å²) in [6, 6.07) is 12.5. The minimum Gasteiger partial charge on any atom is -0.346 e. The van der Waals surface area contributed by atoms with Gasteiger partial charge in [0.25, 0.3) is 5.91 Å². The Balaban J connectivity index is 1.59. The second-order valence-electron chi connectivity index (χ2n) is 5.56. The molecule has 0 saturated heterocycles. The number of amides is 1. The second-order valence-corrected chi connectivity index (χ2v) is 5.56. The van der Waals surface area contributed by atoms with E-state index < -0.39 is 0 Å². The van der Waals surface area contributed by atoms with Crippen LogP contribution < -0.4 is 10.6 Å². The smallest absolute Gasteiger partial charge is 0.254 e. The van der Waals surface area contributed by atoms with Gasteiger partial charge < -0.3 is 10.6 Å². The van der Waals surface area contributed by atoms with Gasteiger partial charge in [0.05, 0.1) is 17.8 Å². The summed E-state index contributed by atoms with van der Waals surface area (Å²) in [5, 5.41) is 5.79. The average molecular weight is 347 g/mol. The van der Waals surface area contributed by atoms with E-state index >= 15 is 0 Å². The van der Waals surface area contributed by atoms with Crippen LogP contribution in [0.15, 0.2) is 61.1 Å². The molecule has 2 aromatic heterocycles. The van der Waals surface area contributed by atoms with E-state index in [0.717, 1.165) is 11.4 Å². The summed E-state index contributed by atoms with van der Waals surface area (Å²) in [5.74, 6) is 0.101. The van der Waals surface area contributed by atoms with Crippen LogP contribution in [0, 0.1) is 0 Å². The van der Waals surface area contributed by atoms with Gasteiger partial charge in [-0.05, 0) is 43.3 Å². The van der Waals surface area contributed by atoms with Crippen molar-refractivity contribution in [2.24, 2.45) is 0 Å². The van der Waals surface area contributed by atoms with Crippen LogP contribution in [0.3, 0.4) is 0 Å². The Bertz CT molecular complexity index is 893. The number of pyridine rings is 1. The maximum atomic E-state index is 12.1. The normalized spacial score (nSPS) is 10.2. The van der Waals surface area contributed by atoms with Gasteiger partial charge in [0, 0.05) is 29.8 Å². The number of carbonyl (C=O) groups is 2. The fourth-order valence-electron chi connectivity index (χ4n) is 2.20. The van der Waals surface area contributed by atoms with Gasteiger partial charge in [-0.15, -0.1) is 0 Å². The molecule has 7 heteroatoms. The number of aromatic nitrogens is 3. The monoisotopic (exact) mass is 347 g/mol. The Labute approximate surface area is 150 Å². The quantitative estimate of drug-likeness (QED) is 0.666. The van der Waals surface area contributed by atoms with Gasteiger partial charge in [-0.2, -0.15) is 0 Å². The lowest BCUT2D eigenvalue weighted by Gasteiger charge is -2.07. The molecule has 0 aliphatic heterocycles. The number of hydrogen-bond donors (Lipinski definition) is 2. The number of hydrogen-bond acceptors (Lipinski definition) is 6. The van der Waals surface area contributed by atoms with Crippen LogP contribution in [0.2, 0.25) is 0 Å². The molecule has 2 heterocycles. The first-order valence-electron chi connectivity index (χ1n) is 8.00. The Morgan fingerprint density at radius 2 is 1.65 bits per heavy atom. The van der Waals surface area contributed by atoms with Crippen molar-refractivity contribution in [3.8, 4) is 0 Å². The van der Waals surface area contributed by atoms with E-state index in [1.54, 1.807) is 30.5 Å². The van der Waals surface area contributed by atoms with Gasteiger partial charge in [0.15, 0.2) is 5.78 Å². The summed E-state index contributed by atoms with van der Waals surface area (Å²) in [5.41, 5.74) is 2.52. The highest BCUT2D eigenvalue weighted by Gasteiger charge is 2.08. The van der Waals surface area contributed by atoms with Crippen molar-refractivity contribution in [2.75, 3.05) is 5.32 Å². The van der Waals surface area contributed by atoms with Crippen LogP contribution in [0.5, 0.6) is 0 Å². The van der Waals surface area contributed by atoms with Crippen LogP contribution in [0.25, 0.3) is 0 Å². The van der Waals surface area contributed by atoms with Gasteiger partial charge in [0.2, 0.25) is 5.95 Å². The summed E-state index contributed by atoms with van der Waals surface area (Å²) in [7, 11) is 0. The van der Waals surface area contributed by atoms with Crippen LogP contribution in [-0.2, 0) is 6.54 Å². The molecule has 0 atom stereocenters. The lowest BCUT2D eigenvalue weighted by Crippen LogP contribution is -2.23. The van der Waals surface area contributed by atoms with E-state index in [1.165, 1.54) is 19.3 Å². The number of anilines is 2. The Kier molecular flexibility index (Phi) is 5.28. The molecule has 7 nitrogen and oxygen atoms in total. The van der Waals surface area contributed by atoms with E-state index in [1.807, 2.05) is 18.2 Å². The number of ketones is 1. The SMILES string of the molecule is CC(=O)c1ccc(Nc2ncc(C(=O)NCc3ccccn3)cn2)cc1. The summed E-state index contributed by atoms with van der Waals surface area (Å²) in [6.45, 7) is 1.85. The number of nitrogens with zero attached hydrogens (tertiary/aromatic N) is 3. The molecule has 3 aromatic rings. The molecule has 0 saturated carbocycles. The molecule has 0 unspecified atom stereocenters. The molecule has 0 fully saturated rings. The molecule has 26 heavy (non-hydrogen) atoms. The van der Waals surface area contributed by atoms with Crippen LogP contribution in [0.4, 0.5) is 11.6 Å². The Morgan fingerprint density at radius 1 is 0.923 bits per heavy atom. The molecule has 1 amide bonds. The summed E-state index contributed by atoms with van der Waals surface area (Å²) < 4.78 is 0. The molecule has 0 bridgehead atoms. The predicted molar refractivity (Wildman–Crippen MR) is 97.2 cm³/mol. The molecular weight excluding hydrogens is 330 g/mol. The molecular formula is C19H17N5O2. The number of nitrogens with one attached hydrogen (secondary N) is 2. The van der Waals surface area contributed by atoms with Crippen LogP contribution >= 0.6 is 0 Å². The lowest BCUT2D eigenvalue weighted by molar-refractivity contribution is 0.0948. The fourth-order valence-corrected chi connectivity index (χ4v) is 2.20. The highest BCUT2D eigenvalue weighted by atomic mass is 16.1. The highest BCUT2D eigenvalue weighted by molar-refractivity contribution is 5.94. The zero-order valence-electron chi connectivity index (χ0n) is 14.1. The van der Waals surface area contributed by atoms with Crippen LogP contribution in [0.1, 0.15) is 33.3 Å². The lowest BCUT2D eigenvalue weighted by atomic mass is 10.1. The molecule has 130 valence electrons. The third-order valence-electron chi connectivity index (χ3n) is 3.62. The predicted octanol–water partition coefficient (Wildman–Crippen LogP) is 2.75. The van der Waals surface area contributed by atoms with Gasteiger partial charge >= 0.3 is 0 Å². The van der Waals surface area contributed by atoms with E-state index in [4.69, 9.17) is 0 Å². The van der Waals surface area contributed by atoms with E-state index in [2.05, 4.69) is 25.6 Å². The first-order chi connectivity index (χ1) is 12.6. The van der Waals surface area contributed by atoms with Crippen molar-refractivity contribution in [2.45, 2.75) is 13.5 Å². The average Bonchev–Trinajstić information content (AvgIpc) is 2.68. The molecule has 1 aromatic carbocycles. The van der Waals surface area contributed by atoms with Crippen LogP contribution in [-0.4, -0.2) is 26.6 Å². The zero-order valence-corrected chi connectivity index (χ0v) is 14.1. The van der Waals surface area contributed by atoms with Crippen molar-refractivity contribution < 1.29 is 9.59 Å². The van der Waals surface area contributed by atoms with Gasteiger partial charge in [-0.3, -0.25) is 14.6 Å². The Hall–Kier alpha value is -3.61. The minimum atomic E-state index is -0.270. The van der Waals surface area contributed by atoms with E-state index in [0.29, 0.717) is 23.6 Å². The molecule has 0 aliphatic carbocycles. The number of carbonyl (C=O) groups excluding carboxylic acids is 2. The largest absolute Gasteiger partial charge is 0.346 e. The first-order valence-corrected chi connectivity index (χ1v) is 8.00. The van der Waals surface area contributed by atoms with Crippen molar-refractivity contribution in [1.29, 1.82) is 0 Å². The molecule has 0 aliphatic rings. The number of rotatable bonds is 6. The molecule has 0 radical (unpaired) electrons. The fraction of sp³-hybridized carbons (Fsp3) is 0.105. The molecule has 0 spiro atoms. The highest BCUT2D eigenvalue weighted by Crippen LogP contribution is 2.14. The first kappa shape index (κ1) is 17.2. The number of Topliss-reactive ketones (excluding diaryl/α,β-unsaturated/α-hetero) is 1. The third kappa shape index (κ3) is 4.47. The minimum absolute atomic E-state index is 0.00821. The van der Waals surface area contributed by atoms with Gasteiger partial charge in [-0.1, -0.05) is 6.07 Å². The Morgan fingerprint density at radius 3 is 2.27 bits per heavy atom. The third-order valence-corrected chi connectivity index (χ3v) is 3.62. The second kappa shape index (κ2) is 7.98. The molecule has 2 N–H and O–H groups in total. The van der Waals surface area contributed by atoms with Crippen molar-refractivity contribution in [3.05, 3.63) is 77.9 Å².